The standard InChI is InChI=1S/C17H21F2N3O/c1-11(16(23)22(5)6)7-12(2)21-13(3)14-8-15(10-20-9-14)17(4,18)19/h7-10H,3H2,1-2,4-6H3/b11-7+,21-12?. The van der Waals surface area contributed by atoms with Gasteiger partial charge in [-0.25, -0.2) is 8.78 Å². The van der Waals surface area contributed by atoms with Crippen molar-refractivity contribution in [2.24, 2.45) is 4.99 Å². The Bertz CT molecular complexity index is 671. The van der Waals surface area contributed by atoms with Crippen LogP contribution in [0.5, 0.6) is 0 Å². The largest absolute Gasteiger partial charge is 0.345 e. The van der Waals surface area contributed by atoms with Gasteiger partial charge in [-0.2, -0.15) is 0 Å². The molecule has 1 amide bonds. The number of pyridine rings is 1. The molecule has 0 radical (unpaired) electrons. The van der Waals surface area contributed by atoms with Crippen LogP contribution in [-0.4, -0.2) is 35.6 Å². The van der Waals surface area contributed by atoms with Gasteiger partial charge in [-0.1, -0.05) is 6.58 Å². The number of aliphatic imine (C=N–C) groups is 1. The summed E-state index contributed by atoms with van der Waals surface area (Å²) in [5.41, 5.74) is 1.60. The monoisotopic (exact) mass is 321 g/mol. The topological polar surface area (TPSA) is 45.6 Å². The molecule has 4 nitrogen and oxygen atoms in total. The highest BCUT2D eigenvalue weighted by Crippen LogP contribution is 2.28. The lowest BCUT2D eigenvalue weighted by Gasteiger charge is -2.11. The number of aromatic nitrogens is 1. The predicted molar refractivity (Wildman–Crippen MR) is 88.4 cm³/mol. The van der Waals surface area contributed by atoms with Crippen LogP contribution in [0.3, 0.4) is 0 Å². The number of carbonyl (C=O) groups is 1. The van der Waals surface area contributed by atoms with Crippen molar-refractivity contribution in [1.82, 2.24) is 9.88 Å². The smallest absolute Gasteiger partial charge is 0.272 e. The molecule has 0 N–H and O–H groups in total. The fourth-order valence-electron chi connectivity index (χ4n) is 1.88. The summed E-state index contributed by atoms with van der Waals surface area (Å²) in [6.07, 6.45) is 4.17. The van der Waals surface area contributed by atoms with Crippen LogP contribution in [0.4, 0.5) is 8.78 Å². The molecule has 0 atom stereocenters. The molecule has 0 fully saturated rings. The van der Waals surface area contributed by atoms with Crippen molar-refractivity contribution >= 4 is 17.3 Å². The van der Waals surface area contributed by atoms with Gasteiger partial charge in [0.25, 0.3) is 5.92 Å². The van der Waals surface area contributed by atoms with Crippen molar-refractivity contribution < 1.29 is 13.6 Å². The van der Waals surface area contributed by atoms with E-state index in [1.807, 2.05) is 0 Å². The lowest BCUT2D eigenvalue weighted by molar-refractivity contribution is -0.124. The minimum Gasteiger partial charge on any atom is -0.345 e. The quantitative estimate of drug-likeness (QED) is 0.614. The maximum atomic E-state index is 13.3. The van der Waals surface area contributed by atoms with Crippen molar-refractivity contribution in [3.63, 3.8) is 0 Å². The summed E-state index contributed by atoms with van der Waals surface area (Å²) < 4.78 is 26.7. The van der Waals surface area contributed by atoms with Crippen molar-refractivity contribution in [1.29, 1.82) is 0 Å². The van der Waals surface area contributed by atoms with Crippen molar-refractivity contribution in [2.75, 3.05) is 14.1 Å². The van der Waals surface area contributed by atoms with E-state index in [0.717, 1.165) is 13.1 Å². The molecule has 23 heavy (non-hydrogen) atoms. The second-order valence-electron chi connectivity index (χ2n) is 5.58. The molecule has 124 valence electrons. The normalized spacial score (nSPS) is 13.0. The zero-order valence-corrected chi connectivity index (χ0v) is 14.0. The second-order valence-corrected chi connectivity index (χ2v) is 5.58. The highest BCUT2D eigenvalue weighted by Gasteiger charge is 2.25. The second kappa shape index (κ2) is 7.26. The zero-order chi connectivity index (χ0) is 17.8. The molecule has 0 saturated carbocycles. The summed E-state index contributed by atoms with van der Waals surface area (Å²) in [5, 5.41) is 0. The Morgan fingerprint density at radius 1 is 1.35 bits per heavy atom. The van der Waals surface area contributed by atoms with E-state index in [9.17, 15) is 13.6 Å². The van der Waals surface area contributed by atoms with Crippen molar-refractivity contribution in [3.05, 3.63) is 47.8 Å². The number of hydrogen-bond donors (Lipinski definition) is 0. The molecule has 1 aromatic rings. The fraction of sp³-hybridized carbons (Fsp3) is 0.353. The van der Waals surface area contributed by atoms with Crippen LogP contribution in [0, 0.1) is 0 Å². The molecule has 1 aromatic heterocycles. The molecule has 0 aliphatic heterocycles. The first kappa shape index (κ1) is 18.7. The van der Waals surface area contributed by atoms with Crippen LogP contribution in [0.15, 0.2) is 41.7 Å². The fourth-order valence-corrected chi connectivity index (χ4v) is 1.88. The van der Waals surface area contributed by atoms with E-state index >= 15 is 0 Å². The highest BCUT2D eigenvalue weighted by atomic mass is 19.3. The number of allylic oxidation sites excluding steroid dienone is 1. The first-order valence-corrected chi connectivity index (χ1v) is 7.00. The molecular formula is C17H21F2N3O. The van der Waals surface area contributed by atoms with Crippen LogP contribution in [0.2, 0.25) is 0 Å². The minimum atomic E-state index is -2.98. The van der Waals surface area contributed by atoms with Gasteiger partial charge in [0.15, 0.2) is 0 Å². The van der Waals surface area contributed by atoms with E-state index in [0.29, 0.717) is 22.5 Å². The minimum absolute atomic E-state index is 0.126. The highest BCUT2D eigenvalue weighted by molar-refractivity contribution is 6.04. The summed E-state index contributed by atoms with van der Waals surface area (Å²) in [6.45, 7) is 7.98. The first-order chi connectivity index (χ1) is 10.5. The number of halogens is 2. The Balaban J connectivity index is 3.03. The number of nitrogens with zero attached hydrogens (tertiary/aromatic N) is 3. The van der Waals surface area contributed by atoms with Crippen LogP contribution in [0.1, 0.15) is 31.9 Å². The van der Waals surface area contributed by atoms with Crippen molar-refractivity contribution in [2.45, 2.75) is 26.7 Å². The van der Waals surface area contributed by atoms with Gasteiger partial charge in [-0.15, -0.1) is 0 Å². The van der Waals surface area contributed by atoms with E-state index in [2.05, 4.69) is 16.6 Å². The van der Waals surface area contributed by atoms with E-state index in [-0.39, 0.29) is 11.5 Å². The molecule has 1 heterocycles. The molecule has 0 saturated heterocycles. The van der Waals surface area contributed by atoms with E-state index < -0.39 is 5.92 Å². The Kier molecular flexibility index (Phi) is 5.90. The number of likely N-dealkylation sites (N-methyl/N-ethyl adjacent to an activating group) is 1. The third-order valence-corrected chi connectivity index (χ3v) is 3.06. The summed E-state index contributed by atoms with van der Waals surface area (Å²) >= 11 is 0. The van der Waals surface area contributed by atoms with Gasteiger partial charge in [-0.3, -0.25) is 14.8 Å². The summed E-state index contributed by atoms with van der Waals surface area (Å²) in [4.78, 5) is 21.3. The van der Waals surface area contributed by atoms with Gasteiger partial charge in [0.2, 0.25) is 5.91 Å². The molecule has 0 spiro atoms. The average molecular weight is 321 g/mol. The molecule has 1 rings (SSSR count). The molecule has 6 heteroatoms. The van der Waals surface area contributed by atoms with Gasteiger partial charge >= 0.3 is 0 Å². The van der Waals surface area contributed by atoms with Crippen molar-refractivity contribution in [3.8, 4) is 0 Å². The number of amides is 1. The molecule has 0 aromatic carbocycles. The van der Waals surface area contributed by atoms with Gasteiger partial charge in [0, 0.05) is 55.8 Å². The molecular weight excluding hydrogens is 300 g/mol. The third-order valence-electron chi connectivity index (χ3n) is 3.06. The Morgan fingerprint density at radius 2 is 1.96 bits per heavy atom. The van der Waals surface area contributed by atoms with Crippen LogP contribution in [0.25, 0.3) is 5.70 Å². The van der Waals surface area contributed by atoms with Gasteiger partial charge in [-0.05, 0) is 26.0 Å². The number of carbonyl (C=O) groups excluding carboxylic acids is 1. The Labute approximate surface area is 135 Å². The van der Waals surface area contributed by atoms with Crippen LogP contribution in [-0.2, 0) is 10.7 Å². The Hall–Kier alpha value is -2.37. The molecule has 0 aliphatic carbocycles. The molecule has 0 bridgehead atoms. The summed E-state index contributed by atoms with van der Waals surface area (Å²) in [7, 11) is 3.32. The lowest BCUT2D eigenvalue weighted by Crippen LogP contribution is -2.22. The number of alkyl halides is 2. The van der Waals surface area contributed by atoms with Gasteiger partial charge in [0.1, 0.15) is 0 Å². The van der Waals surface area contributed by atoms with Gasteiger partial charge in [0.05, 0.1) is 5.70 Å². The number of hydrogen-bond acceptors (Lipinski definition) is 3. The lowest BCUT2D eigenvalue weighted by atomic mass is 10.1. The average Bonchev–Trinajstić information content (AvgIpc) is 2.45. The number of rotatable bonds is 5. The summed E-state index contributed by atoms with van der Waals surface area (Å²) in [6, 6.07) is 1.31. The maximum Gasteiger partial charge on any atom is 0.272 e. The SMILES string of the molecule is C=C(N=C(C)/C=C(\C)C(=O)N(C)C)c1cncc(C(C)(F)F)c1. The first-order valence-electron chi connectivity index (χ1n) is 7.00. The molecule has 0 unspecified atom stereocenters. The van der Waals surface area contributed by atoms with Gasteiger partial charge < -0.3 is 4.90 Å². The van der Waals surface area contributed by atoms with E-state index in [1.54, 1.807) is 34.0 Å². The zero-order valence-electron chi connectivity index (χ0n) is 14.0. The maximum absolute atomic E-state index is 13.3. The van der Waals surface area contributed by atoms with Crippen LogP contribution < -0.4 is 0 Å². The van der Waals surface area contributed by atoms with Crippen LogP contribution >= 0.6 is 0 Å². The Morgan fingerprint density at radius 3 is 2.48 bits per heavy atom. The molecule has 0 aliphatic rings. The summed E-state index contributed by atoms with van der Waals surface area (Å²) in [5.74, 6) is -3.10. The van der Waals surface area contributed by atoms with E-state index in [1.165, 1.54) is 17.2 Å². The third kappa shape index (κ3) is 5.39. The van der Waals surface area contributed by atoms with E-state index in [4.69, 9.17) is 0 Å². The predicted octanol–water partition coefficient (Wildman–Crippen LogP) is 3.66.